The van der Waals surface area contributed by atoms with Crippen molar-refractivity contribution in [3.05, 3.63) is 23.8 Å². The van der Waals surface area contributed by atoms with Crippen molar-refractivity contribution in [1.82, 2.24) is 0 Å². The van der Waals surface area contributed by atoms with Crippen LogP contribution in [0.1, 0.15) is 19.4 Å². The third kappa shape index (κ3) is 4.80. The van der Waals surface area contributed by atoms with Crippen LogP contribution in [0.15, 0.2) is 23.1 Å². The molecule has 1 atom stereocenters. The van der Waals surface area contributed by atoms with Crippen LogP contribution in [-0.2, 0) is 22.4 Å². The van der Waals surface area contributed by atoms with Crippen LogP contribution in [0.2, 0.25) is 0 Å². The fourth-order valence-electron chi connectivity index (χ4n) is 1.40. The van der Waals surface area contributed by atoms with Crippen molar-refractivity contribution in [2.24, 2.45) is 0 Å². The van der Waals surface area contributed by atoms with E-state index in [1.54, 1.807) is 12.1 Å². The molecule has 0 amide bonds. The van der Waals surface area contributed by atoms with Gasteiger partial charge in [0.2, 0.25) is 0 Å². The zero-order valence-electron chi connectivity index (χ0n) is 10.3. The number of hydrogen-bond donors (Lipinski definition) is 2. The number of aryl methyl sites for hydroxylation is 1. The van der Waals surface area contributed by atoms with Gasteiger partial charge in [-0.1, -0.05) is 6.92 Å². The minimum absolute atomic E-state index is 0.406. The van der Waals surface area contributed by atoms with Gasteiger partial charge in [-0.05, 0) is 53.7 Å². The summed E-state index contributed by atoms with van der Waals surface area (Å²) in [5, 5.41) is 0. The molecule has 0 radical (unpaired) electrons. The molecule has 0 spiro atoms. The van der Waals surface area contributed by atoms with Crippen molar-refractivity contribution >= 4 is 35.2 Å². The normalized spacial score (nSPS) is 13.3. The average Bonchev–Trinajstić information content (AvgIpc) is 2.27. The van der Waals surface area contributed by atoms with Crippen LogP contribution in [0.3, 0.4) is 0 Å². The molecule has 0 saturated heterocycles. The van der Waals surface area contributed by atoms with E-state index in [-0.39, 0.29) is 0 Å². The molecular weight excluding hydrogens is 291 g/mol. The average molecular weight is 308 g/mol. The molecule has 1 rings (SSSR count). The van der Waals surface area contributed by atoms with E-state index in [1.165, 1.54) is 0 Å². The fourth-order valence-corrected chi connectivity index (χ4v) is 2.99. The monoisotopic (exact) mass is 308 g/mol. The van der Waals surface area contributed by atoms with Crippen molar-refractivity contribution in [1.29, 1.82) is 0 Å². The minimum Gasteiger partial charge on any atom is -0.424 e. The topological polar surface area (TPSA) is 58.9 Å². The number of rotatable bonds is 6. The molecule has 0 heterocycles. The Bertz CT molecular complexity index is 484. The first kappa shape index (κ1) is 15.8. The highest BCUT2D eigenvalue weighted by atomic mass is 32.5. The number of benzene rings is 1. The zero-order valence-corrected chi connectivity index (χ0v) is 12.9. The quantitative estimate of drug-likeness (QED) is 0.625. The molecule has 102 valence electrons. The first-order valence-electron chi connectivity index (χ1n) is 5.42. The Morgan fingerprint density at radius 2 is 2.06 bits per heavy atom. The van der Waals surface area contributed by atoms with Crippen molar-refractivity contribution in [2.45, 2.75) is 25.2 Å². The van der Waals surface area contributed by atoms with Gasteiger partial charge in [0.05, 0.1) is 6.61 Å². The highest BCUT2D eigenvalue weighted by Gasteiger charge is 2.13. The SMILES string of the molecule is C=S(OCC)c1ccc(OP(O)(O)=S)c(CC)c1. The van der Waals surface area contributed by atoms with Gasteiger partial charge >= 0.3 is 6.72 Å². The lowest BCUT2D eigenvalue weighted by atomic mass is 10.1. The summed E-state index contributed by atoms with van der Waals surface area (Å²) in [6.45, 7) is 0.771. The molecule has 0 aliphatic carbocycles. The van der Waals surface area contributed by atoms with Crippen LogP contribution in [0.25, 0.3) is 0 Å². The molecule has 18 heavy (non-hydrogen) atoms. The van der Waals surface area contributed by atoms with Gasteiger partial charge in [-0.15, -0.1) is 0 Å². The van der Waals surface area contributed by atoms with Gasteiger partial charge in [-0.3, -0.25) is 0 Å². The van der Waals surface area contributed by atoms with Gasteiger partial charge < -0.3 is 18.5 Å². The molecule has 0 aliphatic rings. The van der Waals surface area contributed by atoms with E-state index >= 15 is 0 Å². The highest BCUT2D eigenvalue weighted by molar-refractivity contribution is 8.10. The van der Waals surface area contributed by atoms with Gasteiger partial charge in [-0.25, -0.2) is 0 Å². The summed E-state index contributed by atoms with van der Waals surface area (Å²) in [6.07, 6.45) is 0.696. The van der Waals surface area contributed by atoms with Crippen LogP contribution in [0.5, 0.6) is 5.75 Å². The maximum atomic E-state index is 9.18. The largest absolute Gasteiger partial charge is 0.424 e. The Kier molecular flexibility index (Phi) is 5.98. The lowest BCUT2D eigenvalue weighted by molar-refractivity contribution is 0.369. The second-order valence-corrected chi connectivity index (χ2v) is 7.45. The Hall–Kier alpha value is -0.230. The summed E-state index contributed by atoms with van der Waals surface area (Å²) >= 11 is 4.47. The first-order valence-corrected chi connectivity index (χ1v) is 9.37. The summed E-state index contributed by atoms with van der Waals surface area (Å²) in [7, 11) is -0.524. The molecular formula is C11H17O4PS2. The molecule has 0 saturated carbocycles. The van der Waals surface area contributed by atoms with Gasteiger partial charge in [0.1, 0.15) is 5.75 Å². The predicted molar refractivity (Wildman–Crippen MR) is 79.8 cm³/mol. The summed E-state index contributed by atoms with van der Waals surface area (Å²) in [6, 6.07) is 5.36. The first-order chi connectivity index (χ1) is 8.37. The van der Waals surface area contributed by atoms with Crippen LogP contribution in [0, 0.1) is 0 Å². The molecule has 1 aromatic rings. The van der Waals surface area contributed by atoms with E-state index in [4.69, 9.17) is 8.71 Å². The van der Waals surface area contributed by atoms with E-state index in [9.17, 15) is 9.79 Å². The van der Waals surface area contributed by atoms with Gasteiger partial charge in [0.15, 0.2) is 0 Å². The lowest BCUT2D eigenvalue weighted by Crippen LogP contribution is -1.95. The van der Waals surface area contributed by atoms with Gasteiger partial charge in [-0.2, -0.15) is 0 Å². The Labute approximate surface area is 115 Å². The molecule has 0 fully saturated rings. The number of hydrogen-bond acceptors (Lipinski definition) is 3. The standard InChI is InChI=1S/C11H17O4PS2/c1-4-9-8-10(18(3)14-5-2)6-7-11(9)15-16(12,13)17/h6-8H,3-5H2,1-2H3,(H2,12,13,17). The molecule has 1 aromatic carbocycles. The van der Waals surface area contributed by atoms with Gasteiger partial charge in [0.25, 0.3) is 0 Å². The van der Waals surface area contributed by atoms with E-state index < -0.39 is 17.5 Å². The van der Waals surface area contributed by atoms with Crippen LogP contribution >= 0.6 is 17.5 Å². The van der Waals surface area contributed by atoms with Crippen LogP contribution in [0.4, 0.5) is 0 Å². The zero-order chi connectivity index (χ0) is 13.8. The van der Waals surface area contributed by atoms with Crippen molar-refractivity contribution in [3.63, 3.8) is 0 Å². The maximum absolute atomic E-state index is 9.18. The van der Waals surface area contributed by atoms with Crippen molar-refractivity contribution in [2.75, 3.05) is 6.61 Å². The van der Waals surface area contributed by atoms with E-state index in [2.05, 4.69) is 17.7 Å². The highest BCUT2D eigenvalue weighted by Crippen LogP contribution is 2.41. The third-order valence-electron chi connectivity index (χ3n) is 2.15. The molecule has 7 heteroatoms. The fraction of sp³-hybridized carbons (Fsp3) is 0.364. The Morgan fingerprint density at radius 3 is 2.56 bits per heavy atom. The summed E-state index contributed by atoms with van der Waals surface area (Å²) < 4.78 is 10.4. The van der Waals surface area contributed by atoms with E-state index in [1.807, 2.05) is 19.9 Å². The van der Waals surface area contributed by atoms with Crippen molar-refractivity contribution in [3.8, 4) is 5.75 Å². The molecule has 2 N–H and O–H groups in total. The van der Waals surface area contributed by atoms with Crippen molar-refractivity contribution < 1.29 is 18.5 Å². The molecule has 1 unspecified atom stereocenters. The van der Waals surface area contributed by atoms with Gasteiger partial charge in [0, 0.05) is 16.7 Å². The second kappa shape index (κ2) is 6.80. The predicted octanol–water partition coefficient (Wildman–Crippen LogP) is 2.85. The molecule has 0 aliphatic heterocycles. The van der Waals surface area contributed by atoms with E-state index in [0.29, 0.717) is 18.8 Å². The molecule has 0 bridgehead atoms. The lowest BCUT2D eigenvalue weighted by Gasteiger charge is -2.15. The third-order valence-corrected chi connectivity index (χ3v) is 4.11. The minimum atomic E-state index is -3.69. The molecule has 0 aromatic heterocycles. The maximum Gasteiger partial charge on any atom is 0.375 e. The molecule has 4 nitrogen and oxygen atoms in total. The van der Waals surface area contributed by atoms with Crippen LogP contribution < -0.4 is 4.52 Å². The van der Waals surface area contributed by atoms with E-state index in [0.717, 1.165) is 10.5 Å². The second-order valence-electron chi connectivity index (χ2n) is 3.46. The Morgan fingerprint density at radius 1 is 1.39 bits per heavy atom. The summed E-state index contributed by atoms with van der Waals surface area (Å²) in [5.74, 6) is 4.34. The smallest absolute Gasteiger partial charge is 0.375 e. The summed E-state index contributed by atoms with van der Waals surface area (Å²) in [4.78, 5) is 19.3. The summed E-state index contributed by atoms with van der Waals surface area (Å²) in [5.41, 5.74) is 0.852. The Balaban J connectivity index is 3.04. The van der Waals surface area contributed by atoms with Crippen LogP contribution in [-0.4, -0.2) is 22.3 Å².